The number of fused-ring (bicyclic) bond motifs is 1. The predicted octanol–water partition coefficient (Wildman–Crippen LogP) is 4.02. The summed E-state index contributed by atoms with van der Waals surface area (Å²) in [7, 11) is 1.68. The van der Waals surface area contributed by atoms with Gasteiger partial charge in [0.2, 0.25) is 0 Å². The number of benzene rings is 1. The third-order valence-corrected chi connectivity index (χ3v) is 5.55. The number of carbonyl (C=O) groups excluding carboxylic acids is 1. The molecule has 1 aromatic rings. The number of carbonyl (C=O) groups is 1. The van der Waals surface area contributed by atoms with E-state index in [4.69, 9.17) is 9.47 Å². The average Bonchev–Trinajstić information content (AvgIpc) is 2.98. The molecule has 1 aromatic carbocycles. The van der Waals surface area contributed by atoms with Gasteiger partial charge in [-0.15, -0.1) is 0 Å². The summed E-state index contributed by atoms with van der Waals surface area (Å²) in [4.78, 5) is 27.4. The largest absolute Gasteiger partial charge is 0.486 e. The van der Waals surface area contributed by atoms with E-state index in [0.29, 0.717) is 30.8 Å². The summed E-state index contributed by atoms with van der Waals surface area (Å²) in [6.45, 7) is 10.1. The summed E-state index contributed by atoms with van der Waals surface area (Å²) in [5.41, 5.74) is -0.103. The number of hydrogen-bond acceptors (Lipinski definition) is 7. The predicted molar refractivity (Wildman–Crippen MR) is 115 cm³/mol. The van der Waals surface area contributed by atoms with Gasteiger partial charge in [-0.3, -0.25) is 10.1 Å². The lowest BCUT2D eigenvalue weighted by atomic mass is 9.97. The second-order valence-electron chi connectivity index (χ2n) is 9.85. The fourth-order valence-electron chi connectivity index (χ4n) is 4.23. The van der Waals surface area contributed by atoms with Crippen molar-refractivity contribution in [1.82, 2.24) is 4.90 Å². The minimum absolute atomic E-state index is 0.0998. The number of rotatable bonds is 3. The highest BCUT2D eigenvalue weighted by Crippen LogP contribution is 2.46. The molecule has 0 bridgehead atoms. The highest BCUT2D eigenvalue weighted by molar-refractivity contribution is 5.78. The van der Waals surface area contributed by atoms with Crippen molar-refractivity contribution in [2.75, 3.05) is 25.0 Å². The van der Waals surface area contributed by atoms with E-state index in [2.05, 4.69) is 6.07 Å². The molecule has 2 aliphatic heterocycles. The first-order valence-corrected chi connectivity index (χ1v) is 10.5. The maximum Gasteiger partial charge on any atom is 0.410 e. The summed E-state index contributed by atoms with van der Waals surface area (Å²) < 4.78 is 11.5. The van der Waals surface area contributed by atoms with Gasteiger partial charge in [0, 0.05) is 38.2 Å². The maximum atomic E-state index is 12.5. The van der Waals surface area contributed by atoms with Crippen LogP contribution in [-0.2, 0) is 11.2 Å². The molecule has 9 heteroatoms. The zero-order valence-electron chi connectivity index (χ0n) is 19.0. The Bertz CT molecular complexity index is 945. The van der Waals surface area contributed by atoms with Gasteiger partial charge in [-0.1, -0.05) is 0 Å². The van der Waals surface area contributed by atoms with Crippen molar-refractivity contribution in [3.63, 3.8) is 0 Å². The summed E-state index contributed by atoms with van der Waals surface area (Å²) in [6.07, 6.45) is 1.54. The van der Waals surface area contributed by atoms with Crippen molar-refractivity contribution in [3.05, 3.63) is 27.3 Å². The first-order chi connectivity index (χ1) is 14.3. The molecule has 0 radical (unpaired) electrons. The molecule has 1 amide bonds. The van der Waals surface area contributed by atoms with Crippen LogP contribution < -0.4 is 9.64 Å². The molecule has 1 fully saturated rings. The Morgan fingerprint density at radius 2 is 2.13 bits per heavy atom. The van der Waals surface area contributed by atoms with Crippen LogP contribution in [-0.4, -0.2) is 53.3 Å². The smallest absolute Gasteiger partial charge is 0.410 e. The number of amides is 1. The van der Waals surface area contributed by atoms with Gasteiger partial charge in [0.1, 0.15) is 34.3 Å². The number of piperidine rings is 1. The zero-order chi connectivity index (χ0) is 23.1. The lowest BCUT2D eigenvalue weighted by Crippen LogP contribution is -2.50. The van der Waals surface area contributed by atoms with Crippen LogP contribution in [0, 0.1) is 21.4 Å². The second-order valence-corrected chi connectivity index (χ2v) is 9.85. The highest BCUT2D eigenvalue weighted by Gasteiger charge is 2.39. The number of anilines is 1. The Hall–Kier alpha value is -3.02. The number of nitriles is 1. The Labute approximate surface area is 182 Å². The van der Waals surface area contributed by atoms with Crippen LogP contribution in [0.5, 0.6) is 5.75 Å². The van der Waals surface area contributed by atoms with Crippen LogP contribution in [0.15, 0.2) is 6.07 Å². The Morgan fingerprint density at radius 3 is 2.71 bits per heavy atom. The summed E-state index contributed by atoms with van der Waals surface area (Å²) >= 11 is 0. The molecule has 2 heterocycles. The average molecular weight is 431 g/mol. The maximum absolute atomic E-state index is 12.5. The van der Waals surface area contributed by atoms with E-state index < -0.39 is 22.2 Å². The van der Waals surface area contributed by atoms with Crippen molar-refractivity contribution in [1.29, 1.82) is 5.26 Å². The van der Waals surface area contributed by atoms with Gasteiger partial charge >= 0.3 is 6.09 Å². The van der Waals surface area contributed by atoms with Crippen LogP contribution in [0.2, 0.25) is 0 Å². The van der Waals surface area contributed by atoms with Crippen LogP contribution >= 0.6 is 0 Å². The van der Waals surface area contributed by atoms with Crippen molar-refractivity contribution in [2.45, 2.75) is 71.1 Å². The molecule has 2 aliphatic rings. The van der Waals surface area contributed by atoms with Crippen LogP contribution in [0.4, 0.5) is 16.2 Å². The van der Waals surface area contributed by atoms with Crippen LogP contribution in [0.1, 0.15) is 58.6 Å². The molecule has 0 unspecified atom stereocenters. The van der Waals surface area contributed by atoms with Crippen LogP contribution in [0.25, 0.3) is 0 Å². The fourth-order valence-corrected chi connectivity index (χ4v) is 4.23. The first kappa shape index (κ1) is 22.7. The SMILES string of the molecule is CN(C(=O)OC(C)(C)C)[C@H]1CCCN(c2c([N+](=O)[O-])cc3c(c2C#N)OC(C)(C)C3)C1. The van der Waals surface area contributed by atoms with Gasteiger partial charge in [-0.05, 0) is 47.5 Å². The molecule has 1 saturated heterocycles. The molecule has 0 N–H and O–H groups in total. The number of nitro benzene ring substituents is 1. The first-order valence-electron chi connectivity index (χ1n) is 10.5. The summed E-state index contributed by atoms with van der Waals surface area (Å²) in [5.74, 6) is 0.427. The molecule has 31 heavy (non-hydrogen) atoms. The van der Waals surface area contributed by atoms with Gasteiger partial charge in [-0.2, -0.15) is 5.26 Å². The number of hydrogen-bond donors (Lipinski definition) is 0. The number of likely N-dealkylation sites (N-methyl/N-ethyl adjacent to an activating group) is 1. The van der Waals surface area contributed by atoms with E-state index in [-0.39, 0.29) is 23.0 Å². The molecule has 0 aliphatic carbocycles. The molecule has 9 nitrogen and oxygen atoms in total. The summed E-state index contributed by atoms with van der Waals surface area (Å²) in [6, 6.07) is 3.48. The quantitative estimate of drug-likeness (QED) is 0.526. The minimum atomic E-state index is -0.614. The van der Waals surface area contributed by atoms with Gasteiger partial charge in [0.15, 0.2) is 0 Å². The van der Waals surface area contributed by atoms with E-state index in [1.165, 1.54) is 6.07 Å². The lowest BCUT2D eigenvalue weighted by Gasteiger charge is -2.39. The van der Waals surface area contributed by atoms with Gasteiger partial charge in [0.25, 0.3) is 5.69 Å². The summed E-state index contributed by atoms with van der Waals surface area (Å²) in [5, 5.41) is 21.8. The van der Waals surface area contributed by atoms with Gasteiger partial charge in [0.05, 0.1) is 11.0 Å². The van der Waals surface area contributed by atoms with E-state index in [0.717, 1.165) is 12.8 Å². The number of nitrogens with zero attached hydrogens (tertiary/aromatic N) is 4. The standard InChI is InChI=1S/C22H30N4O5/c1-21(2,3)31-20(27)24(6)15-8-7-9-25(13-15)18-16(12-23)19-14(10-17(18)26(28)29)11-22(4,5)30-19/h10,15H,7-9,11,13H2,1-6H3/t15-/m0/s1. The van der Waals surface area contributed by atoms with Crippen LogP contribution in [0.3, 0.4) is 0 Å². The fraction of sp³-hybridized carbons (Fsp3) is 0.636. The van der Waals surface area contributed by atoms with Gasteiger partial charge < -0.3 is 19.3 Å². The zero-order valence-corrected chi connectivity index (χ0v) is 19.0. The molecule has 0 spiro atoms. The molecule has 1 atom stereocenters. The Kier molecular flexibility index (Phi) is 5.78. The molecular weight excluding hydrogens is 400 g/mol. The number of ether oxygens (including phenoxy) is 2. The third-order valence-electron chi connectivity index (χ3n) is 5.55. The molecule has 168 valence electrons. The van der Waals surface area contributed by atoms with E-state index >= 15 is 0 Å². The minimum Gasteiger partial charge on any atom is -0.486 e. The third kappa shape index (κ3) is 4.68. The van der Waals surface area contributed by atoms with E-state index in [1.807, 2.05) is 18.7 Å². The van der Waals surface area contributed by atoms with Crippen molar-refractivity contribution < 1.29 is 19.2 Å². The normalized spacial score (nSPS) is 19.8. The van der Waals surface area contributed by atoms with Crippen molar-refractivity contribution >= 4 is 17.5 Å². The monoisotopic (exact) mass is 430 g/mol. The molecule has 3 rings (SSSR count). The van der Waals surface area contributed by atoms with Gasteiger partial charge in [-0.25, -0.2) is 4.79 Å². The lowest BCUT2D eigenvalue weighted by molar-refractivity contribution is -0.384. The highest BCUT2D eigenvalue weighted by atomic mass is 16.6. The van der Waals surface area contributed by atoms with E-state index in [1.54, 1.807) is 32.7 Å². The Balaban J connectivity index is 1.96. The number of nitro groups is 1. The topological polar surface area (TPSA) is 109 Å². The van der Waals surface area contributed by atoms with Crippen molar-refractivity contribution in [2.24, 2.45) is 0 Å². The molecule has 0 aromatic heterocycles. The molecular formula is C22H30N4O5. The van der Waals surface area contributed by atoms with Crippen molar-refractivity contribution in [3.8, 4) is 11.8 Å². The Morgan fingerprint density at radius 1 is 1.45 bits per heavy atom. The molecule has 0 saturated carbocycles. The second kappa shape index (κ2) is 7.91. The van der Waals surface area contributed by atoms with E-state index in [9.17, 15) is 20.2 Å².